The second-order valence-electron chi connectivity index (χ2n) is 14.8. The molecule has 2 atom stereocenters. The second-order valence-corrected chi connectivity index (χ2v) is 16.3. The zero-order chi connectivity index (χ0) is 37.2. The maximum absolute atomic E-state index is 5.39. The van der Waals surface area contributed by atoms with Crippen molar-refractivity contribution < 1.29 is 0 Å². The van der Waals surface area contributed by atoms with Crippen molar-refractivity contribution in [2.45, 2.75) is 22.5 Å². The fourth-order valence-corrected chi connectivity index (χ4v) is 10.3. The van der Waals surface area contributed by atoms with Gasteiger partial charge in [0.2, 0.25) is 0 Å². The topological polar surface area (TPSA) is 38.7 Å². The summed E-state index contributed by atoms with van der Waals surface area (Å²) in [5, 5.41) is 6.99. The van der Waals surface area contributed by atoms with Gasteiger partial charge in [0.25, 0.3) is 0 Å². The van der Waals surface area contributed by atoms with Crippen LogP contribution < -0.4 is 0 Å². The highest BCUT2D eigenvalue weighted by Crippen LogP contribution is 2.58. The third-order valence-corrected chi connectivity index (χ3v) is 13.0. The molecule has 0 radical (unpaired) electrons. The molecule has 56 heavy (non-hydrogen) atoms. The average Bonchev–Trinajstić information content (AvgIpc) is 3.58. The molecule has 0 saturated carbocycles. The summed E-state index contributed by atoms with van der Waals surface area (Å²) in [6.07, 6.45) is 9.01. The fourth-order valence-electron chi connectivity index (χ4n) is 8.83. The Balaban J connectivity index is 1.16. The van der Waals surface area contributed by atoms with E-state index in [4.69, 9.17) is 15.0 Å². The molecule has 0 spiro atoms. The first kappa shape index (κ1) is 32.8. The molecule has 2 unspecified atom stereocenters. The molecule has 1 aliphatic heterocycles. The monoisotopic (exact) mass is 733 g/mol. The molecule has 4 heteroatoms. The molecule has 8 aromatic carbocycles. The zero-order valence-corrected chi connectivity index (χ0v) is 31.5. The summed E-state index contributed by atoms with van der Waals surface area (Å²) in [4.78, 5) is 17.4. The van der Waals surface area contributed by atoms with E-state index in [1.165, 1.54) is 43.5 Å². The summed E-state index contributed by atoms with van der Waals surface area (Å²) in [6.45, 7) is 2.33. The van der Waals surface area contributed by atoms with Gasteiger partial charge in [-0.1, -0.05) is 176 Å². The van der Waals surface area contributed by atoms with Gasteiger partial charge in [-0.05, 0) is 79.2 Å². The molecule has 2 aliphatic rings. The van der Waals surface area contributed by atoms with E-state index < -0.39 is 0 Å². The molecule has 1 aliphatic carbocycles. The van der Waals surface area contributed by atoms with Crippen molar-refractivity contribution in [2.24, 2.45) is 0 Å². The molecule has 0 bridgehead atoms. The largest absolute Gasteiger partial charge is 0.208 e. The van der Waals surface area contributed by atoms with E-state index in [-0.39, 0.29) is 10.7 Å². The molecule has 264 valence electrons. The van der Waals surface area contributed by atoms with Crippen LogP contribution >= 0.6 is 11.8 Å². The van der Waals surface area contributed by atoms with Crippen LogP contribution in [0.3, 0.4) is 0 Å². The molecule has 0 fully saturated rings. The molecule has 2 heterocycles. The van der Waals surface area contributed by atoms with Gasteiger partial charge in [0.1, 0.15) is 0 Å². The van der Waals surface area contributed by atoms with Gasteiger partial charge in [0, 0.05) is 32.3 Å². The Morgan fingerprint density at radius 2 is 0.929 bits per heavy atom. The van der Waals surface area contributed by atoms with Crippen LogP contribution in [0.5, 0.6) is 0 Å². The Labute approximate surface area is 330 Å². The van der Waals surface area contributed by atoms with Crippen LogP contribution in [-0.4, -0.2) is 19.7 Å². The van der Waals surface area contributed by atoms with Crippen LogP contribution in [0.1, 0.15) is 18.4 Å². The quantitative estimate of drug-likeness (QED) is 0.177. The first-order valence-electron chi connectivity index (χ1n) is 19.2. The van der Waals surface area contributed by atoms with E-state index in [1.54, 1.807) is 0 Å². The SMILES string of the molecule is CC12C=CC=CC1c1cccc(-c3nc(-c4ccc(-c5ccccc5)c5ccccc45)nc(-c4ccc(-c5cccc6ccccc56)c5ccccc45)n3)c1S2. The van der Waals surface area contributed by atoms with Gasteiger partial charge in [-0.3, -0.25) is 0 Å². The number of nitrogens with zero attached hydrogens (tertiary/aromatic N) is 3. The Hall–Kier alpha value is -6.62. The maximum Gasteiger partial charge on any atom is 0.165 e. The normalized spacial score (nSPS) is 17.1. The predicted molar refractivity (Wildman–Crippen MR) is 235 cm³/mol. The molecule has 3 nitrogen and oxygen atoms in total. The van der Waals surface area contributed by atoms with Crippen molar-refractivity contribution in [2.75, 3.05) is 0 Å². The first-order valence-corrected chi connectivity index (χ1v) is 20.0. The van der Waals surface area contributed by atoms with Gasteiger partial charge in [-0.2, -0.15) is 0 Å². The van der Waals surface area contributed by atoms with Crippen LogP contribution in [-0.2, 0) is 0 Å². The number of fused-ring (bicyclic) bond motifs is 6. The Bertz CT molecular complexity index is 3090. The Morgan fingerprint density at radius 1 is 0.429 bits per heavy atom. The molecular formula is C52H35N3S. The number of benzene rings is 8. The molecule has 11 rings (SSSR count). The second kappa shape index (κ2) is 13.0. The van der Waals surface area contributed by atoms with Crippen molar-refractivity contribution in [3.63, 3.8) is 0 Å². The summed E-state index contributed by atoms with van der Waals surface area (Å²) in [5.41, 5.74) is 9.08. The lowest BCUT2D eigenvalue weighted by Gasteiger charge is -2.27. The summed E-state index contributed by atoms with van der Waals surface area (Å²) in [7, 11) is 0. The maximum atomic E-state index is 5.39. The summed E-state index contributed by atoms with van der Waals surface area (Å²) >= 11 is 1.91. The lowest BCUT2D eigenvalue weighted by Crippen LogP contribution is -2.22. The van der Waals surface area contributed by atoms with Crippen LogP contribution in [0.2, 0.25) is 0 Å². The summed E-state index contributed by atoms with van der Waals surface area (Å²) < 4.78 is -0.0665. The van der Waals surface area contributed by atoms with E-state index in [1.807, 2.05) is 11.8 Å². The van der Waals surface area contributed by atoms with Crippen LogP contribution in [0.15, 0.2) is 193 Å². The highest BCUT2D eigenvalue weighted by atomic mass is 32.2. The number of hydrogen-bond acceptors (Lipinski definition) is 4. The van der Waals surface area contributed by atoms with E-state index in [0.717, 1.165) is 38.2 Å². The van der Waals surface area contributed by atoms with Crippen molar-refractivity contribution in [1.29, 1.82) is 0 Å². The number of thioether (sulfide) groups is 1. The van der Waals surface area contributed by atoms with Crippen LogP contribution in [0.25, 0.3) is 88.7 Å². The van der Waals surface area contributed by atoms with Crippen molar-refractivity contribution >= 4 is 44.1 Å². The third kappa shape index (κ3) is 5.25. The first-order chi connectivity index (χ1) is 27.6. The van der Waals surface area contributed by atoms with Gasteiger partial charge in [-0.15, -0.1) is 11.8 Å². The lowest BCUT2D eigenvalue weighted by molar-refractivity contribution is 0.702. The Morgan fingerprint density at radius 3 is 1.64 bits per heavy atom. The fraction of sp³-hybridized carbons (Fsp3) is 0.0577. The van der Waals surface area contributed by atoms with Gasteiger partial charge < -0.3 is 0 Å². The lowest BCUT2D eigenvalue weighted by atomic mass is 9.83. The van der Waals surface area contributed by atoms with E-state index in [2.05, 4.69) is 195 Å². The summed E-state index contributed by atoms with van der Waals surface area (Å²) in [6, 6.07) is 58.5. The van der Waals surface area contributed by atoms with E-state index in [9.17, 15) is 0 Å². The zero-order valence-electron chi connectivity index (χ0n) is 30.7. The number of aromatic nitrogens is 3. The molecule has 0 amide bonds. The number of rotatable bonds is 5. The van der Waals surface area contributed by atoms with Gasteiger partial charge in [-0.25, -0.2) is 15.0 Å². The van der Waals surface area contributed by atoms with E-state index in [0.29, 0.717) is 17.5 Å². The minimum absolute atomic E-state index is 0.0665. The number of allylic oxidation sites excluding steroid dienone is 3. The van der Waals surface area contributed by atoms with Crippen LogP contribution in [0, 0.1) is 0 Å². The molecule has 0 N–H and O–H groups in total. The molecular weight excluding hydrogens is 699 g/mol. The standard InChI is InChI=1S/C52H35N3S/c1-52-32-12-11-27-47(52)45-25-14-26-46(48(45)56-52)51-54-49(43-30-28-36(33-15-3-2-4-16-33)37-20-7-9-22-40(37)43)53-50(55-51)44-31-29-42(39-21-8-10-23-41(39)44)38-24-13-18-34-17-5-6-19-35(34)38/h2-32,47H,1H3. The molecule has 0 saturated heterocycles. The van der Waals surface area contributed by atoms with Crippen molar-refractivity contribution in [3.05, 3.63) is 194 Å². The predicted octanol–water partition coefficient (Wildman–Crippen LogP) is 13.7. The van der Waals surface area contributed by atoms with Gasteiger partial charge >= 0.3 is 0 Å². The molecule has 1 aromatic heterocycles. The highest BCUT2D eigenvalue weighted by Gasteiger charge is 2.42. The van der Waals surface area contributed by atoms with E-state index >= 15 is 0 Å². The van der Waals surface area contributed by atoms with Gasteiger partial charge in [0.05, 0.1) is 0 Å². The van der Waals surface area contributed by atoms with Crippen molar-refractivity contribution in [3.8, 4) is 56.4 Å². The third-order valence-electron chi connectivity index (χ3n) is 11.5. The Kier molecular flexibility index (Phi) is 7.61. The van der Waals surface area contributed by atoms with Crippen LogP contribution in [0.4, 0.5) is 0 Å². The molecule has 9 aromatic rings. The number of hydrogen-bond donors (Lipinski definition) is 0. The van der Waals surface area contributed by atoms with Gasteiger partial charge in [0.15, 0.2) is 17.5 Å². The average molecular weight is 734 g/mol. The minimum atomic E-state index is -0.0665. The summed E-state index contributed by atoms with van der Waals surface area (Å²) in [5.74, 6) is 2.29. The van der Waals surface area contributed by atoms with Crippen molar-refractivity contribution in [1.82, 2.24) is 15.0 Å². The smallest absolute Gasteiger partial charge is 0.165 e. The highest BCUT2D eigenvalue weighted by molar-refractivity contribution is 8.01. The minimum Gasteiger partial charge on any atom is -0.208 e.